The van der Waals surface area contributed by atoms with Crippen molar-refractivity contribution in [3.63, 3.8) is 0 Å². The lowest BCUT2D eigenvalue weighted by atomic mass is 9.78. The molecule has 2 unspecified atom stereocenters. The van der Waals surface area contributed by atoms with E-state index >= 15 is 0 Å². The monoisotopic (exact) mass is 345 g/mol. The molecule has 2 aromatic rings. The summed E-state index contributed by atoms with van der Waals surface area (Å²) in [4.78, 5) is 4.24. The molecule has 2 atom stereocenters. The van der Waals surface area contributed by atoms with Crippen LogP contribution in [0.5, 0.6) is 0 Å². The van der Waals surface area contributed by atoms with E-state index in [1.165, 1.54) is 23.1 Å². The lowest BCUT2D eigenvalue weighted by Crippen LogP contribution is -2.44. The molecule has 110 valence electrons. The van der Waals surface area contributed by atoms with Crippen LogP contribution >= 0.6 is 15.9 Å². The highest BCUT2D eigenvalue weighted by molar-refractivity contribution is 9.10. The molecule has 1 aliphatic carbocycles. The Balaban J connectivity index is 1.73. The highest BCUT2D eigenvalue weighted by Gasteiger charge is 2.25. The number of nitrogens with one attached hydrogen (secondary N) is 1. The molecule has 3 N–H and O–H groups in total. The number of hydrogen-bond acceptors (Lipinski definition) is 3. The van der Waals surface area contributed by atoms with Crippen molar-refractivity contribution in [2.45, 2.75) is 31.7 Å². The van der Waals surface area contributed by atoms with Gasteiger partial charge in [-0.2, -0.15) is 0 Å². The predicted molar refractivity (Wildman–Crippen MR) is 88.7 cm³/mol. The first-order valence-electron chi connectivity index (χ1n) is 7.38. The van der Waals surface area contributed by atoms with Crippen LogP contribution < -0.4 is 11.3 Å². The highest BCUT2D eigenvalue weighted by Crippen LogP contribution is 2.28. The molecule has 1 aromatic carbocycles. The van der Waals surface area contributed by atoms with Crippen LogP contribution in [-0.2, 0) is 19.3 Å². The summed E-state index contributed by atoms with van der Waals surface area (Å²) in [7, 11) is 0. The Morgan fingerprint density at radius 3 is 2.86 bits per heavy atom. The average molecular weight is 346 g/mol. The van der Waals surface area contributed by atoms with Crippen LogP contribution in [0.25, 0.3) is 0 Å². The van der Waals surface area contributed by atoms with Crippen LogP contribution in [0, 0.1) is 5.92 Å². The normalized spacial score (nSPS) is 19.0. The zero-order valence-electron chi connectivity index (χ0n) is 11.9. The van der Waals surface area contributed by atoms with E-state index in [9.17, 15) is 0 Å². The summed E-state index contributed by atoms with van der Waals surface area (Å²) in [5.74, 6) is 6.40. The van der Waals surface area contributed by atoms with Gasteiger partial charge in [-0.3, -0.25) is 16.3 Å². The van der Waals surface area contributed by atoms with Crippen LogP contribution in [-0.4, -0.2) is 11.0 Å². The summed E-state index contributed by atoms with van der Waals surface area (Å²) in [6.45, 7) is 0. The molecule has 0 fully saturated rings. The number of aromatic nitrogens is 1. The number of hydrogen-bond donors (Lipinski definition) is 2. The molecule has 1 aromatic heterocycles. The molecule has 21 heavy (non-hydrogen) atoms. The minimum atomic E-state index is 0.287. The third-order valence-electron chi connectivity index (χ3n) is 4.39. The Morgan fingerprint density at radius 2 is 2.10 bits per heavy atom. The standard InChI is InChI=1S/C17H20BrN3/c18-16-7-12(10-20-11-16)8-17(21-19)15-6-5-13-3-1-2-4-14(13)9-15/h1-4,7,10-11,15,17,21H,5-6,8-9,19H2. The molecular formula is C17H20BrN3. The molecule has 0 spiro atoms. The number of nitrogens with two attached hydrogens (primary N) is 1. The molecule has 1 aliphatic rings. The van der Waals surface area contributed by atoms with Crippen molar-refractivity contribution in [2.75, 3.05) is 0 Å². The van der Waals surface area contributed by atoms with E-state index in [0.717, 1.165) is 23.7 Å². The van der Waals surface area contributed by atoms with E-state index in [1.54, 1.807) is 0 Å². The molecule has 0 amide bonds. The lowest BCUT2D eigenvalue weighted by molar-refractivity contribution is 0.321. The first-order valence-corrected chi connectivity index (χ1v) is 8.18. The number of pyridine rings is 1. The fourth-order valence-electron chi connectivity index (χ4n) is 3.25. The molecule has 1 heterocycles. The van der Waals surface area contributed by atoms with Crippen molar-refractivity contribution >= 4 is 15.9 Å². The lowest BCUT2D eigenvalue weighted by Gasteiger charge is -2.31. The number of halogens is 1. The summed E-state index contributed by atoms with van der Waals surface area (Å²) in [5.41, 5.74) is 7.21. The summed E-state index contributed by atoms with van der Waals surface area (Å²) in [6.07, 6.45) is 8.09. The van der Waals surface area contributed by atoms with Gasteiger partial charge in [-0.15, -0.1) is 0 Å². The Morgan fingerprint density at radius 1 is 1.29 bits per heavy atom. The Hall–Kier alpha value is -1.23. The van der Waals surface area contributed by atoms with Gasteiger partial charge in [0.25, 0.3) is 0 Å². The molecule has 3 rings (SSSR count). The van der Waals surface area contributed by atoms with Gasteiger partial charge >= 0.3 is 0 Å². The molecule has 4 heteroatoms. The minimum absolute atomic E-state index is 0.287. The average Bonchev–Trinajstić information content (AvgIpc) is 2.52. The van der Waals surface area contributed by atoms with Crippen molar-refractivity contribution in [1.29, 1.82) is 0 Å². The van der Waals surface area contributed by atoms with Crippen molar-refractivity contribution in [2.24, 2.45) is 11.8 Å². The van der Waals surface area contributed by atoms with E-state index in [4.69, 9.17) is 5.84 Å². The van der Waals surface area contributed by atoms with E-state index < -0.39 is 0 Å². The Kier molecular flexibility index (Phi) is 4.68. The van der Waals surface area contributed by atoms with Gasteiger partial charge in [0.1, 0.15) is 0 Å². The second-order valence-corrected chi connectivity index (χ2v) is 6.68. The number of nitrogens with zero attached hydrogens (tertiary/aromatic N) is 1. The van der Waals surface area contributed by atoms with E-state index in [1.807, 2.05) is 12.4 Å². The van der Waals surface area contributed by atoms with Gasteiger partial charge < -0.3 is 0 Å². The second kappa shape index (κ2) is 6.69. The fraction of sp³-hybridized carbons (Fsp3) is 0.353. The fourth-order valence-corrected chi connectivity index (χ4v) is 3.66. The van der Waals surface area contributed by atoms with Gasteiger partial charge in [0.05, 0.1) is 0 Å². The van der Waals surface area contributed by atoms with Gasteiger partial charge in [-0.1, -0.05) is 24.3 Å². The van der Waals surface area contributed by atoms with Crippen LogP contribution in [0.3, 0.4) is 0 Å². The zero-order chi connectivity index (χ0) is 14.7. The summed E-state index contributed by atoms with van der Waals surface area (Å²) < 4.78 is 1.02. The van der Waals surface area contributed by atoms with Crippen molar-refractivity contribution < 1.29 is 0 Å². The molecular weight excluding hydrogens is 326 g/mol. The number of hydrazine groups is 1. The SMILES string of the molecule is NNC(Cc1cncc(Br)c1)C1CCc2ccccc2C1. The molecule has 0 saturated carbocycles. The maximum absolute atomic E-state index is 5.83. The summed E-state index contributed by atoms with van der Waals surface area (Å²) in [5, 5.41) is 0. The maximum atomic E-state index is 5.83. The topological polar surface area (TPSA) is 50.9 Å². The van der Waals surface area contributed by atoms with Gasteiger partial charge in [-0.05, 0) is 70.3 Å². The molecule has 0 radical (unpaired) electrons. The zero-order valence-corrected chi connectivity index (χ0v) is 13.5. The van der Waals surface area contributed by atoms with Crippen molar-refractivity contribution in [3.05, 3.63) is 63.9 Å². The maximum Gasteiger partial charge on any atom is 0.0410 e. The highest BCUT2D eigenvalue weighted by atomic mass is 79.9. The first-order chi connectivity index (χ1) is 10.3. The number of aryl methyl sites for hydroxylation is 1. The van der Waals surface area contributed by atoms with Gasteiger partial charge in [-0.25, -0.2) is 0 Å². The van der Waals surface area contributed by atoms with Crippen LogP contribution in [0.1, 0.15) is 23.1 Å². The third kappa shape index (κ3) is 3.51. The largest absolute Gasteiger partial charge is 0.271 e. The number of fused-ring (bicyclic) bond motifs is 1. The quantitative estimate of drug-likeness (QED) is 0.661. The van der Waals surface area contributed by atoms with Crippen molar-refractivity contribution in [3.8, 4) is 0 Å². The predicted octanol–water partition coefficient (Wildman–Crippen LogP) is 3.02. The summed E-state index contributed by atoms with van der Waals surface area (Å²) >= 11 is 3.48. The third-order valence-corrected chi connectivity index (χ3v) is 4.82. The second-order valence-electron chi connectivity index (χ2n) is 5.76. The number of rotatable bonds is 4. The van der Waals surface area contributed by atoms with Crippen molar-refractivity contribution in [1.82, 2.24) is 10.4 Å². The van der Waals surface area contributed by atoms with Crippen LogP contribution in [0.15, 0.2) is 47.2 Å². The molecule has 0 saturated heterocycles. The van der Waals surface area contributed by atoms with Gasteiger partial charge in [0.15, 0.2) is 0 Å². The van der Waals surface area contributed by atoms with Crippen LogP contribution in [0.4, 0.5) is 0 Å². The van der Waals surface area contributed by atoms with E-state index in [2.05, 4.69) is 56.7 Å². The van der Waals surface area contributed by atoms with Gasteiger partial charge in [0.2, 0.25) is 0 Å². The molecule has 3 nitrogen and oxygen atoms in total. The first kappa shape index (κ1) is 14.7. The number of benzene rings is 1. The smallest absolute Gasteiger partial charge is 0.0410 e. The molecule has 0 bridgehead atoms. The van der Waals surface area contributed by atoms with E-state index in [-0.39, 0.29) is 6.04 Å². The van der Waals surface area contributed by atoms with E-state index in [0.29, 0.717) is 5.92 Å². The van der Waals surface area contributed by atoms with Crippen LogP contribution in [0.2, 0.25) is 0 Å². The minimum Gasteiger partial charge on any atom is -0.271 e. The Bertz CT molecular complexity index is 614. The summed E-state index contributed by atoms with van der Waals surface area (Å²) in [6, 6.07) is 11.2. The Labute approximate surface area is 134 Å². The molecule has 0 aliphatic heterocycles. The van der Waals surface area contributed by atoms with Gasteiger partial charge in [0, 0.05) is 22.9 Å².